The maximum atomic E-state index is 12.3. The lowest BCUT2D eigenvalue weighted by atomic mass is 9.87. The van der Waals surface area contributed by atoms with Gasteiger partial charge in [-0.2, -0.15) is 0 Å². The Kier molecular flexibility index (Phi) is 7.31. The predicted octanol–water partition coefficient (Wildman–Crippen LogP) is 3.64. The lowest BCUT2D eigenvalue weighted by molar-refractivity contribution is -0.144. The molecule has 0 heterocycles. The number of nitrogens with one attached hydrogen (secondary N) is 2. The lowest BCUT2D eigenvalue weighted by Crippen LogP contribution is -2.28. The fraction of sp³-hybridized carbons (Fsp3) is 0.261. The average Bonchev–Trinajstić information content (AvgIpc) is 2.66. The molecule has 6 heteroatoms. The number of carbonyl (C=O) groups is 3. The van der Waals surface area contributed by atoms with Crippen molar-refractivity contribution >= 4 is 29.5 Å². The molecule has 0 saturated carbocycles. The van der Waals surface area contributed by atoms with Crippen molar-refractivity contribution in [3.63, 3.8) is 0 Å². The van der Waals surface area contributed by atoms with Gasteiger partial charge in [-0.25, -0.2) is 4.79 Å². The molecule has 0 radical (unpaired) electrons. The highest BCUT2D eigenvalue weighted by atomic mass is 16.5. The van der Waals surface area contributed by atoms with Crippen LogP contribution in [0.1, 0.15) is 38.8 Å². The molecule has 0 saturated heterocycles. The van der Waals surface area contributed by atoms with Gasteiger partial charge in [0.25, 0.3) is 5.91 Å². The number of hydrogen-bond donors (Lipinski definition) is 2. The van der Waals surface area contributed by atoms with E-state index in [0.29, 0.717) is 5.69 Å². The second-order valence-electron chi connectivity index (χ2n) is 7.60. The summed E-state index contributed by atoms with van der Waals surface area (Å²) >= 11 is 0. The Morgan fingerprint density at radius 3 is 2.14 bits per heavy atom. The van der Waals surface area contributed by atoms with Gasteiger partial charge in [-0.05, 0) is 34.8 Å². The van der Waals surface area contributed by atoms with Crippen LogP contribution in [0.15, 0.2) is 60.3 Å². The second-order valence-corrected chi connectivity index (χ2v) is 7.60. The van der Waals surface area contributed by atoms with Gasteiger partial charge >= 0.3 is 5.97 Å². The van der Waals surface area contributed by atoms with Crippen LogP contribution < -0.4 is 10.6 Å². The monoisotopic (exact) mass is 394 g/mol. The summed E-state index contributed by atoms with van der Waals surface area (Å²) in [5.41, 5.74) is 2.46. The van der Waals surface area contributed by atoms with Crippen LogP contribution in [-0.2, 0) is 24.5 Å². The zero-order valence-electron chi connectivity index (χ0n) is 17.1. The Morgan fingerprint density at radius 1 is 0.966 bits per heavy atom. The molecular formula is C23H26N2O4. The smallest absolute Gasteiger partial charge is 0.355 e. The number of anilines is 1. The summed E-state index contributed by atoms with van der Waals surface area (Å²) in [6, 6.07) is 16.5. The van der Waals surface area contributed by atoms with Gasteiger partial charge in [-0.1, -0.05) is 63.2 Å². The summed E-state index contributed by atoms with van der Waals surface area (Å²) in [7, 11) is 0. The second kappa shape index (κ2) is 9.68. The summed E-state index contributed by atoms with van der Waals surface area (Å²) in [4.78, 5) is 35.8. The summed E-state index contributed by atoms with van der Waals surface area (Å²) in [6.07, 6.45) is 1.49. The minimum Gasteiger partial charge on any atom is -0.451 e. The minimum absolute atomic E-state index is 0.0171. The van der Waals surface area contributed by atoms with E-state index in [1.54, 1.807) is 36.4 Å². The highest BCUT2D eigenvalue weighted by molar-refractivity contribution is 5.99. The van der Waals surface area contributed by atoms with Gasteiger partial charge in [0.05, 0.1) is 0 Å². The van der Waals surface area contributed by atoms with Crippen molar-refractivity contribution in [3.05, 3.63) is 71.4 Å². The normalized spacial score (nSPS) is 11.5. The summed E-state index contributed by atoms with van der Waals surface area (Å²) in [5.74, 6) is -1.67. The van der Waals surface area contributed by atoms with Gasteiger partial charge in [0.1, 0.15) is 5.70 Å². The van der Waals surface area contributed by atoms with Gasteiger partial charge < -0.3 is 15.4 Å². The molecule has 0 bridgehead atoms. The van der Waals surface area contributed by atoms with Crippen molar-refractivity contribution < 1.29 is 19.1 Å². The largest absolute Gasteiger partial charge is 0.451 e. The molecule has 0 unspecified atom stereocenters. The third-order valence-electron chi connectivity index (χ3n) is 4.01. The summed E-state index contributed by atoms with van der Waals surface area (Å²) in [5, 5.41) is 5.12. The number of hydrogen-bond acceptors (Lipinski definition) is 4. The molecular weight excluding hydrogens is 368 g/mol. The molecule has 0 aliphatic rings. The highest BCUT2D eigenvalue weighted by Gasteiger charge is 2.16. The third-order valence-corrected chi connectivity index (χ3v) is 4.01. The molecule has 0 aromatic heterocycles. The zero-order valence-corrected chi connectivity index (χ0v) is 17.1. The van der Waals surface area contributed by atoms with E-state index in [9.17, 15) is 14.4 Å². The fourth-order valence-electron chi connectivity index (χ4n) is 2.51. The van der Waals surface area contributed by atoms with Crippen molar-refractivity contribution in [1.29, 1.82) is 0 Å². The maximum Gasteiger partial charge on any atom is 0.355 e. The van der Waals surface area contributed by atoms with Crippen LogP contribution in [-0.4, -0.2) is 24.4 Å². The molecule has 29 heavy (non-hydrogen) atoms. The van der Waals surface area contributed by atoms with Crippen LogP contribution in [0.2, 0.25) is 0 Å². The zero-order chi connectivity index (χ0) is 21.4. The first kappa shape index (κ1) is 21.9. The molecule has 0 aliphatic heterocycles. The van der Waals surface area contributed by atoms with Crippen LogP contribution in [0.3, 0.4) is 0 Å². The van der Waals surface area contributed by atoms with E-state index < -0.39 is 24.4 Å². The summed E-state index contributed by atoms with van der Waals surface area (Å²) < 4.78 is 5.06. The molecule has 2 aromatic rings. The molecule has 0 aliphatic carbocycles. The number of esters is 1. The number of ether oxygens (including phenoxy) is 1. The van der Waals surface area contributed by atoms with E-state index in [0.717, 1.165) is 11.1 Å². The number of carbonyl (C=O) groups excluding carboxylic acids is 3. The Bertz CT molecular complexity index is 895. The van der Waals surface area contributed by atoms with E-state index in [2.05, 4.69) is 31.4 Å². The third kappa shape index (κ3) is 7.25. The van der Waals surface area contributed by atoms with Gasteiger partial charge in [0, 0.05) is 12.6 Å². The minimum atomic E-state index is -0.790. The Hall–Kier alpha value is -3.41. The van der Waals surface area contributed by atoms with Gasteiger partial charge in [-0.3, -0.25) is 9.59 Å². The van der Waals surface area contributed by atoms with Crippen molar-refractivity contribution in [3.8, 4) is 0 Å². The van der Waals surface area contributed by atoms with Gasteiger partial charge in [0.15, 0.2) is 6.61 Å². The molecule has 2 rings (SSSR count). The SMILES string of the molecule is CC(=O)N/C(=C\c1ccccc1)C(=O)OCC(=O)Nc1ccc(C(C)(C)C)cc1. The molecule has 2 aromatic carbocycles. The molecule has 6 nitrogen and oxygen atoms in total. The highest BCUT2D eigenvalue weighted by Crippen LogP contribution is 2.23. The van der Waals surface area contributed by atoms with Gasteiger partial charge in [-0.15, -0.1) is 0 Å². The van der Waals surface area contributed by atoms with Crippen LogP contribution in [0, 0.1) is 0 Å². The van der Waals surface area contributed by atoms with Crippen molar-refractivity contribution in [2.45, 2.75) is 33.1 Å². The Labute approximate surface area is 171 Å². The van der Waals surface area contributed by atoms with E-state index in [4.69, 9.17) is 4.74 Å². The van der Waals surface area contributed by atoms with Gasteiger partial charge in [0.2, 0.25) is 5.91 Å². The van der Waals surface area contributed by atoms with Crippen molar-refractivity contribution in [1.82, 2.24) is 5.32 Å². The molecule has 0 spiro atoms. The topological polar surface area (TPSA) is 84.5 Å². The molecule has 152 valence electrons. The molecule has 2 amide bonds. The molecule has 2 N–H and O–H groups in total. The first-order valence-corrected chi connectivity index (χ1v) is 9.27. The lowest BCUT2D eigenvalue weighted by Gasteiger charge is -2.19. The number of amides is 2. The standard InChI is InChI=1S/C23H26N2O4/c1-16(26)24-20(14-17-8-6-5-7-9-17)22(28)29-15-21(27)25-19-12-10-18(11-13-19)23(2,3)4/h5-14H,15H2,1-4H3,(H,24,26)(H,25,27)/b20-14-. The van der Waals surface area contributed by atoms with Crippen molar-refractivity contribution in [2.75, 3.05) is 11.9 Å². The number of rotatable bonds is 6. The first-order chi connectivity index (χ1) is 13.6. The van der Waals surface area contributed by atoms with E-state index in [1.807, 2.05) is 18.2 Å². The average molecular weight is 394 g/mol. The maximum absolute atomic E-state index is 12.3. The van der Waals surface area contributed by atoms with E-state index in [1.165, 1.54) is 13.0 Å². The number of benzene rings is 2. The van der Waals surface area contributed by atoms with Crippen LogP contribution in [0.4, 0.5) is 5.69 Å². The summed E-state index contributed by atoms with van der Waals surface area (Å²) in [6.45, 7) is 7.15. The van der Waals surface area contributed by atoms with Crippen molar-refractivity contribution in [2.24, 2.45) is 0 Å². The van der Waals surface area contributed by atoms with E-state index >= 15 is 0 Å². The first-order valence-electron chi connectivity index (χ1n) is 9.27. The molecule has 0 fully saturated rings. The Morgan fingerprint density at radius 2 is 1.59 bits per heavy atom. The molecule has 0 atom stereocenters. The predicted molar refractivity (Wildman–Crippen MR) is 113 cm³/mol. The van der Waals surface area contributed by atoms with Crippen LogP contribution in [0.5, 0.6) is 0 Å². The fourth-order valence-corrected chi connectivity index (χ4v) is 2.51. The quantitative estimate of drug-likeness (QED) is 0.579. The Balaban J connectivity index is 1.97. The van der Waals surface area contributed by atoms with Crippen LogP contribution in [0.25, 0.3) is 6.08 Å². The van der Waals surface area contributed by atoms with E-state index in [-0.39, 0.29) is 11.1 Å². The van der Waals surface area contributed by atoms with Crippen LogP contribution >= 0.6 is 0 Å².